The maximum Gasteiger partial charge on any atom is 0.320 e. The van der Waals surface area contributed by atoms with Crippen LogP contribution in [0.3, 0.4) is 0 Å². The van der Waals surface area contributed by atoms with Crippen LogP contribution < -0.4 is 0 Å². The zero-order chi connectivity index (χ0) is 28.4. The third-order valence-electron chi connectivity index (χ3n) is 6.22. The van der Waals surface area contributed by atoms with E-state index in [4.69, 9.17) is 19.7 Å². The Morgan fingerprint density at radius 1 is 0.526 bits per heavy atom. The molecule has 0 amide bonds. The summed E-state index contributed by atoms with van der Waals surface area (Å²) < 4.78 is 10.1. The Balaban J connectivity index is 4.05. The van der Waals surface area contributed by atoms with E-state index < -0.39 is 37.0 Å². The first-order valence-corrected chi connectivity index (χ1v) is 14.5. The van der Waals surface area contributed by atoms with Gasteiger partial charge in [-0.3, -0.25) is 29.0 Å². The lowest BCUT2D eigenvalue weighted by atomic mass is 10.0. The second kappa shape index (κ2) is 25.1. The van der Waals surface area contributed by atoms with E-state index >= 15 is 0 Å². The van der Waals surface area contributed by atoms with Gasteiger partial charge in [0.15, 0.2) is 0 Å². The van der Waals surface area contributed by atoms with E-state index in [0.717, 1.165) is 19.3 Å². The molecule has 0 unspecified atom stereocenters. The van der Waals surface area contributed by atoms with Crippen molar-refractivity contribution in [2.75, 3.05) is 52.5 Å². The average molecular weight is 545 g/mol. The highest BCUT2D eigenvalue weighted by Crippen LogP contribution is 2.13. The lowest BCUT2D eigenvalue weighted by molar-refractivity contribution is -0.149. The van der Waals surface area contributed by atoms with Crippen LogP contribution >= 0.6 is 0 Å². The van der Waals surface area contributed by atoms with Crippen LogP contribution in [0.5, 0.6) is 0 Å². The van der Waals surface area contributed by atoms with Crippen LogP contribution in [-0.2, 0) is 28.7 Å². The van der Waals surface area contributed by atoms with Gasteiger partial charge in [0, 0.05) is 13.1 Å². The summed E-state index contributed by atoms with van der Waals surface area (Å²) in [6.07, 6.45) is 17.4. The number of carbonyl (C=O) groups is 4. The van der Waals surface area contributed by atoms with Gasteiger partial charge >= 0.3 is 23.9 Å². The van der Waals surface area contributed by atoms with Gasteiger partial charge in [-0.1, -0.05) is 90.4 Å². The van der Waals surface area contributed by atoms with Gasteiger partial charge in [-0.05, 0) is 13.3 Å². The Bertz CT molecular complexity index is 644. The predicted molar refractivity (Wildman–Crippen MR) is 146 cm³/mol. The molecule has 0 atom stereocenters. The van der Waals surface area contributed by atoms with Crippen molar-refractivity contribution >= 4 is 23.9 Å². The highest BCUT2D eigenvalue weighted by atomic mass is 16.5. The van der Waals surface area contributed by atoms with Crippen molar-refractivity contribution in [3.05, 3.63) is 0 Å². The fourth-order valence-corrected chi connectivity index (χ4v) is 4.19. The number of esters is 2. The van der Waals surface area contributed by atoms with Gasteiger partial charge < -0.3 is 19.7 Å². The van der Waals surface area contributed by atoms with Crippen LogP contribution in [0.1, 0.15) is 104 Å². The lowest BCUT2D eigenvalue weighted by Gasteiger charge is -2.24. The quantitative estimate of drug-likeness (QED) is 0.114. The van der Waals surface area contributed by atoms with Gasteiger partial charge in [-0.15, -0.1) is 0 Å². The molecule has 0 saturated carbocycles. The van der Waals surface area contributed by atoms with Crippen molar-refractivity contribution in [1.29, 1.82) is 0 Å². The molecule has 38 heavy (non-hydrogen) atoms. The van der Waals surface area contributed by atoms with E-state index in [1.807, 2.05) is 0 Å². The van der Waals surface area contributed by atoms with Gasteiger partial charge in [0.2, 0.25) is 0 Å². The first-order valence-electron chi connectivity index (χ1n) is 14.5. The zero-order valence-electron chi connectivity index (χ0n) is 23.8. The van der Waals surface area contributed by atoms with Gasteiger partial charge in [0.25, 0.3) is 0 Å². The Hall–Kier alpha value is -2.20. The Morgan fingerprint density at radius 3 is 1.26 bits per heavy atom. The summed E-state index contributed by atoms with van der Waals surface area (Å²) in [5.74, 6) is -3.31. The first kappa shape index (κ1) is 35.8. The number of carboxylic acid groups (broad SMARTS) is 2. The summed E-state index contributed by atoms with van der Waals surface area (Å²) in [5.41, 5.74) is 0. The van der Waals surface area contributed by atoms with Crippen LogP contribution in [0.4, 0.5) is 0 Å². The first-order chi connectivity index (χ1) is 18.3. The normalized spacial score (nSPS) is 11.2. The molecule has 0 fully saturated rings. The molecule has 2 N–H and O–H groups in total. The number of ether oxygens (including phenoxy) is 2. The SMILES string of the molecule is CCCCCCCCCCCCCCCCOC(=O)CN(CCN(CC(=O)O)CC(=O)OCC)CC(=O)O. The van der Waals surface area contributed by atoms with E-state index in [-0.39, 0.29) is 32.8 Å². The summed E-state index contributed by atoms with van der Waals surface area (Å²) >= 11 is 0. The average Bonchev–Trinajstić information content (AvgIpc) is 2.84. The van der Waals surface area contributed by atoms with Crippen molar-refractivity contribution in [2.24, 2.45) is 0 Å². The summed E-state index contributed by atoms with van der Waals surface area (Å²) in [4.78, 5) is 48.9. The number of hydrogen-bond donors (Lipinski definition) is 2. The second-order valence-corrected chi connectivity index (χ2v) is 9.83. The number of unbranched alkanes of at least 4 members (excludes halogenated alkanes) is 13. The molecule has 222 valence electrons. The fraction of sp³-hybridized carbons (Fsp3) is 0.857. The van der Waals surface area contributed by atoms with E-state index in [1.54, 1.807) is 6.92 Å². The van der Waals surface area contributed by atoms with Crippen molar-refractivity contribution in [1.82, 2.24) is 9.80 Å². The van der Waals surface area contributed by atoms with Crippen molar-refractivity contribution < 1.29 is 38.9 Å². The summed E-state index contributed by atoms with van der Waals surface area (Å²) in [6, 6.07) is 0. The minimum absolute atomic E-state index is 0.0879. The Morgan fingerprint density at radius 2 is 0.895 bits per heavy atom. The van der Waals surface area contributed by atoms with Gasteiger partial charge in [-0.25, -0.2) is 0 Å². The van der Waals surface area contributed by atoms with Crippen LogP contribution in [0.2, 0.25) is 0 Å². The third kappa shape index (κ3) is 24.2. The van der Waals surface area contributed by atoms with Crippen LogP contribution in [0.15, 0.2) is 0 Å². The van der Waals surface area contributed by atoms with E-state index in [1.165, 1.54) is 80.4 Å². The maximum atomic E-state index is 12.2. The van der Waals surface area contributed by atoms with E-state index in [2.05, 4.69) is 6.92 Å². The monoisotopic (exact) mass is 544 g/mol. The molecule has 0 aromatic heterocycles. The number of hydrogen-bond acceptors (Lipinski definition) is 8. The molecule has 0 heterocycles. The lowest BCUT2D eigenvalue weighted by Crippen LogP contribution is -2.43. The van der Waals surface area contributed by atoms with Crippen LogP contribution in [-0.4, -0.2) is 96.4 Å². The number of carboxylic acids is 2. The minimum Gasteiger partial charge on any atom is -0.480 e. The topological polar surface area (TPSA) is 134 Å². The molecule has 0 rings (SSSR count). The third-order valence-corrected chi connectivity index (χ3v) is 6.22. The molecule has 10 heteroatoms. The molecule has 0 aliphatic rings. The van der Waals surface area contributed by atoms with Crippen molar-refractivity contribution in [2.45, 2.75) is 104 Å². The zero-order valence-corrected chi connectivity index (χ0v) is 23.8. The standard InChI is InChI=1S/C28H52N2O8/c1-3-5-6-7-8-9-10-11-12-13-14-15-16-17-20-38-28(36)24-30(22-26(33)34)19-18-29(21-25(31)32)23-27(35)37-4-2/h3-24H2,1-2H3,(H,31,32)(H,33,34). The number of aliphatic carboxylic acids is 2. The second-order valence-electron chi connectivity index (χ2n) is 9.83. The fourth-order valence-electron chi connectivity index (χ4n) is 4.19. The highest BCUT2D eigenvalue weighted by Gasteiger charge is 2.19. The minimum atomic E-state index is -1.12. The maximum absolute atomic E-state index is 12.2. The number of rotatable bonds is 27. The predicted octanol–water partition coefficient (Wildman–Crippen LogP) is 4.35. The van der Waals surface area contributed by atoms with Gasteiger partial charge in [0.05, 0.1) is 39.4 Å². The Labute approximate surface area is 229 Å². The molecule has 0 aliphatic heterocycles. The molecule has 0 aromatic carbocycles. The van der Waals surface area contributed by atoms with Crippen molar-refractivity contribution in [3.63, 3.8) is 0 Å². The smallest absolute Gasteiger partial charge is 0.320 e. The molecular weight excluding hydrogens is 492 g/mol. The largest absolute Gasteiger partial charge is 0.480 e. The van der Waals surface area contributed by atoms with Crippen LogP contribution in [0.25, 0.3) is 0 Å². The molecule has 0 radical (unpaired) electrons. The van der Waals surface area contributed by atoms with Crippen LogP contribution in [0, 0.1) is 0 Å². The van der Waals surface area contributed by atoms with Gasteiger partial charge in [0.1, 0.15) is 0 Å². The molecule has 0 aromatic rings. The molecule has 10 nitrogen and oxygen atoms in total. The summed E-state index contributed by atoms with van der Waals surface area (Å²) in [7, 11) is 0. The number of nitrogens with zero attached hydrogens (tertiary/aromatic N) is 2. The molecular formula is C28H52N2O8. The van der Waals surface area contributed by atoms with Crippen molar-refractivity contribution in [3.8, 4) is 0 Å². The van der Waals surface area contributed by atoms with Gasteiger partial charge in [-0.2, -0.15) is 0 Å². The molecule has 0 spiro atoms. The van der Waals surface area contributed by atoms with E-state index in [9.17, 15) is 19.2 Å². The Kier molecular flexibility index (Phi) is 23.6. The molecule has 0 aliphatic carbocycles. The number of carbonyl (C=O) groups excluding carboxylic acids is 2. The van der Waals surface area contributed by atoms with E-state index in [0.29, 0.717) is 6.61 Å². The highest BCUT2D eigenvalue weighted by molar-refractivity contribution is 5.74. The molecule has 0 bridgehead atoms. The summed E-state index contributed by atoms with van der Waals surface area (Å²) in [5, 5.41) is 18.2. The summed E-state index contributed by atoms with van der Waals surface area (Å²) in [6.45, 7) is 3.30. The molecule has 0 saturated heterocycles.